The third-order valence-electron chi connectivity index (χ3n) is 8.47. The van der Waals surface area contributed by atoms with Crippen molar-refractivity contribution in [3.63, 3.8) is 0 Å². The Hall–Kier alpha value is -3.11. The monoisotopic (exact) mass is 596 g/mol. The number of rotatable bonds is 6. The van der Waals surface area contributed by atoms with Crippen LogP contribution in [0.15, 0.2) is 48.8 Å². The SMILES string of the molecule is O=C(N[C@H]1CCCC[C@H]2CC[C@@H](C(=O)N3CC(c4cccnc4)C3)N2C1=O)c1cc2cc(CP(=O)(O)O)ccc2s1. The number of nitrogens with one attached hydrogen (secondary N) is 1. The van der Waals surface area contributed by atoms with Crippen LogP contribution in [0.3, 0.4) is 0 Å². The molecule has 3 aromatic rings. The molecule has 10 nitrogen and oxygen atoms in total. The Kier molecular flexibility index (Phi) is 7.72. The normalized spacial score (nSPS) is 23.6. The van der Waals surface area contributed by atoms with Crippen molar-refractivity contribution in [1.29, 1.82) is 0 Å². The van der Waals surface area contributed by atoms with Gasteiger partial charge in [-0.05, 0) is 66.5 Å². The van der Waals surface area contributed by atoms with Gasteiger partial charge in [0.05, 0.1) is 11.0 Å². The molecule has 3 fully saturated rings. The molecule has 0 spiro atoms. The fraction of sp³-hybridized carbons (Fsp3) is 0.448. The average molecular weight is 597 g/mol. The van der Waals surface area contributed by atoms with Crippen molar-refractivity contribution in [1.82, 2.24) is 20.1 Å². The lowest BCUT2D eigenvalue weighted by Crippen LogP contribution is -2.59. The standard InChI is InChI=1S/C29H33N4O6PS/c34-27(26-13-20-12-18(17-40(37,38)39)7-10-25(20)41-26)31-23-6-2-1-5-22-8-9-24(33(22)28(23)35)29(36)32-15-21(16-32)19-4-3-11-30-14-19/h3-4,7,10-14,21-24H,1-2,5-6,8-9,15-17H2,(H,31,34)(H2,37,38,39)/t22-,23-,24-/m0/s1. The van der Waals surface area contributed by atoms with Crippen LogP contribution < -0.4 is 5.32 Å². The zero-order chi connectivity index (χ0) is 28.7. The van der Waals surface area contributed by atoms with Gasteiger partial charge in [0.2, 0.25) is 11.8 Å². The van der Waals surface area contributed by atoms with Gasteiger partial charge in [-0.25, -0.2) is 0 Å². The minimum absolute atomic E-state index is 0.00307. The molecule has 12 heteroatoms. The van der Waals surface area contributed by atoms with Crippen LogP contribution in [0.2, 0.25) is 0 Å². The predicted molar refractivity (Wildman–Crippen MR) is 155 cm³/mol. The number of hydrogen-bond donors (Lipinski definition) is 3. The second-order valence-electron chi connectivity index (χ2n) is 11.3. The Balaban J connectivity index is 1.14. The van der Waals surface area contributed by atoms with Crippen molar-refractivity contribution < 1.29 is 28.7 Å². The fourth-order valence-corrected chi connectivity index (χ4v) is 7.99. The summed E-state index contributed by atoms with van der Waals surface area (Å²) in [5.74, 6) is -0.299. The van der Waals surface area contributed by atoms with E-state index in [1.165, 1.54) is 11.3 Å². The molecule has 216 valence electrons. The molecule has 3 N–H and O–H groups in total. The smallest absolute Gasteiger partial charge is 0.329 e. The highest BCUT2D eigenvalue weighted by Crippen LogP contribution is 2.40. The molecule has 5 heterocycles. The number of pyridine rings is 1. The quantitative estimate of drug-likeness (QED) is 0.369. The van der Waals surface area contributed by atoms with Crippen molar-refractivity contribution >= 4 is 46.7 Å². The number of carbonyl (C=O) groups is 3. The minimum Gasteiger partial charge on any atom is -0.340 e. The Morgan fingerprint density at radius 1 is 1.07 bits per heavy atom. The highest BCUT2D eigenvalue weighted by Gasteiger charge is 2.47. The Labute approximate surface area is 241 Å². The molecule has 0 bridgehead atoms. The summed E-state index contributed by atoms with van der Waals surface area (Å²) < 4.78 is 12.2. The molecule has 3 aliphatic heterocycles. The molecule has 2 aromatic heterocycles. The third kappa shape index (κ3) is 5.95. The molecule has 0 unspecified atom stereocenters. The van der Waals surface area contributed by atoms with E-state index in [1.54, 1.807) is 35.4 Å². The van der Waals surface area contributed by atoms with Crippen LogP contribution in [0.4, 0.5) is 0 Å². The van der Waals surface area contributed by atoms with Gasteiger partial charge in [-0.3, -0.25) is 23.9 Å². The number of likely N-dealkylation sites (tertiary alicyclic amines) is 1. The van der Waals surface area contributed by atoms with Gasteiger partial charge in [0, 0.05) is 42.1 Å². The largest absolute Gasteiger partial charge is 0.340 e. The second-order valence-corrected chi connectivity index (χ2v) is 14.1. The number of thiophene rings is 1. The summed E-state index contributed by atoms with van der Waals surface area (Å²) in [6, 6.07) is 9.49. The molecule has 3 amide bonds. The molecule has 6 rings (SSSR count). The summed E-state index contributed by atoms with van der Waals surface area (Å²) in [6.45, 7) is 1.24. The molecule has 3 saturated heterocycles. The van der Waals surface area contributed by atoms with Gasteiger partial charge in [-0.1, -0.05) is 25.0 Å². The summed E-state index contributed by atoms with van der Waals surface area (Å²) in [4.78, 5) is 67.6. The number of hydrogen-bond acceptors (Lipinski definition) is 6. The molecular formula is C29H33N4O6PS. The zero-order valence-corrected chi connectivity index (χ0v) is 24.2. The topological polar surface area (TPSA) is 140 Å². The molecule has 0 saturated carbocycles. The first-order valence-corrected chi connectivity index (χ1v) is 16.7. The predicted octanol–water partition coefficient (Wildman–Crippen LogP) is 3.63. The second kappa shape index (κ2) is 11.3. The van der Waals surface area contributed by atoms with Gasteiger partial charge < -0.3 is 24.9 Å². The van der Waals surface area contributed by atoms with Crippen LogP contribution in [0, 0.1) is 0 Å². The molecule has 0 aliphatic carbocycles. The third-order valence-corrected chi connectivity index (χ3v) is 10.4. The van der Waals surface area contributed by atoms with Gasteiger partial charge in [0.15, 0.2) is 0 Å². The lowest BCUT2D eigenvalue weighted by atomic mass is 9.92. The first-order chi connectivity index (χ1) is 19.7. The molecule has 1 aromatic carbocycles. The summed E-state index contributed by atoms with van der Waals surface area (Å²) in [5, 5.41) is 3.67. The van der Waals surface area contributed by atoms with Crippen molar-refractivity contribution in [2.45, 2.75) is 68.7 Å². The van der Waals surface area contributed by atoms with E-state index in [1.807, 2.05) is 23.2 Å². The lowest BCUT2D eigenvalue weighted by Gasteiger charge is -2.43. The van der Waals surface area contributed by atoms with Gasteiger partial charge >= 0.3 is 7.60 Å². The number of nitrogens with zero attached hydrogens (tertiary/aromatic N) is 3. The first-order valence-electron chi connectivity index (χ1n) is 14.0. The van der Waals surface area contributed by atoms with E-state index in [0.29, 0.717) is 36.4 Å². The van der Waals surface area contributed by atoms with Gasteiger partial charge in [-0.15, -0.1) is 11.3 Å². The van der Waals surface area contributed by atoms with E-state index in [4.69, 9.17) is 0 Å². The van der Waals surface area contributed by atoms with E-state index in [-0.39, 0.29) is 35.8 Å². The number of aromatic nitrogens is 1. The number of benzene rings is 1. The lowest BCUT2D eigenvalue weighted by molar-refractivity contribution is -0.149. The van der Waals surface area contributed by atoms with Crippen molar-refractivity contribution in [3.05, 3.63) is 64.8 Å². The van der Waals surface area contributed by atoms with Crippen LogP contribution in [-0.4, -0.2) is 73.5 Å². The summed E-state index contributed by atoms with van der Waals surface area (Å²) >= 11 is 1.27. The summed E-state index contributed by atoms with van der Waals surface area (Å²) in [5.41, 5.74) is 1.61. The van der Waals surface area contributed by atoms with E-state index >= 15 is 0 Å². The van der Waals surface area contributed by atoms with E-state index < -0.39 is 19.7 Å². The maximum Gasteiger partial charge on any atom is 0.329 e. The highest BCUT2D eigenvalue weighted by molar-refractivity contribution is 7.50. The minimum atomic E-state index is -4.21. The molecule has 0 radical (unpaired) electrons. The van der Waals surface area contributed by atoms with Crippen LogP contribution >= 0.6 is 18.9 Å². The van der Waals surface area contributed by atoms with Gasteiger partial charge in [0.1, 0.15) is 12.1 Å². The average Bonchev–Trinajstić information content (AvgIpc) is 3.52. The Bertz CT molecular complexity index is 1520. The van der Waals surface area contributed by atoms with Crippen LogP contribution in [0.5, 0.6) is 0 Å². The molecule has 41 heavy (non-hydrogen) atoms. The number of amides is 3. The number of carbonyl (C=O) groups excluding carboxylic acids is 3. The van der Waals surface area contributed by atoms with Crippen molar-refractivity contribution in [3.8, 4) is 0 Å². The van der Waals surface area contributed by atoms with E-state index in [2.05, 4.69) is 10.3 Å². The maximum atomic E-state index is 13.9. The summed E-state index contributed by atoms with van der Waals surface area (Å²) in [6.07, 6.45) is 7.75. The molecule has 3 atom stereocenters. The maximum absolute atomic E-state index is 13.9. The van der Waals surface area contributed by atoms with Crippen molar-refractivity contribution in [2.24, 2.45) is 0 Å². The fourth-order valence-electron chi connectivity index (χ4n) is 6.38. The van der Waals surface area contributed by atoms with Gasteiger partial charge in [-0.2, -0.15) is 0 Å². The zero-order valence-electron chi connectivity index (χ0n) is 22.5. The Morgan fingerprint density at radius 3 is 2.63 bits per heavy atom. The van der Waals surface area contributed by atoms with Crippen LogP contribution in [-0.2, 0) is 20.3 Å². The molecular weight excluding hydrogens is 563 g/mol. The van der Waals surface area contributed by atoms with Crippen LogP contribution in [0.1, 0.15) is 65.2 Å². The summed E-state index contributed by atoms with van der Waals surface area (Å²) in [7, 11) is -4.21. The van der Waals surface area contributed by atoms with Crippen LogP contribution in [0.25, 0.3) is 10.1 Å². The van der Waals surface area contributed by atoms with Crippen molar-refractivity contribution in [2.75, 3.05) is 13.1 Å². The first kappa shape index (κ1) is 28.0. The van der Waals surface area contributed by atoms with E-state index in [0.717, 1.165) is 41.3 Å². The highest BCUT2D eigenvalue weighted by atomic mass is 32.1. The van der Waals surface area contributed by atoms with Gasteiger partial charge in [0.25, 0.3) is 5.91 Å². The molecule has 3 aliphatic rings. The van der Waals surface area contributed by atoms with E-state index in [9.17, 15) is 28.7 Å². The Morgan fingerprint density at radius 2 is 1.88 bits per heavy atom. The number of fused-ring (bicyclic) bond motifs is 2.